The predicted octanol–water partition coefficient (Wildman–Crippen LogP) is 8.19. The number of ether oxygens (including phenoxy) is 1. The van der Waals surface area contributed by atoms with E-state index in [0.717, 1.165) is 101 Å². The highest BCUT2D eigenvalue weighted by Crippen LogP contribution is 2.35. The zero-order chi connectivity index (χ0) is 57.7. The molecule has 0 saturated carbocycles. The van der Waals surface area contributed by atoms with Gasteiger partial charge in [0.2, 0.25) is 17.7 Å². The maximum Gasteiger partial charge on any atom is 0.257 e. The first-order chi connectivity index (χ1) is 39.0. The number of nitrogens with two attached hydrogens (primary N) is 1. The molecule has 6 N–H and O–H groups in total. The van der Waals surface area contributed by atoms with Gasteiger partial charge in [-0.25, -0.2) is 18.2 Å². The van der Waals surface area contributed by atoms with Gasteiger partial charge in [0.05, 0.1) is 33.3 Å². The van der Waals surface area contributed by atoms with Crippen molar-refractivity contribution < 1.29 is 47.0 Å². The number of nitrogens with one attached hydrogen (secondary N) is 3. The molecule has 17 nitrogen and oxygen atoms in total. The normalized spacial score (nSPS) is 19.6. The first-order valence-electron chi connectivity index (χ1n) is 28.2. The van der Waals surface area contributed by atoms with Crippen molar-refractivity contribution in [3.8, 4) is 5.75 Å². The summed E-state index contributed by atoms with van der Waals surface area (Å²) >= 11 is 7.35. The van der Waals surface area contributed by atoms with Crippen LogP contribution >= 0.6 is 23.4 Å². The molecule has 0 aliphatic carbocycles. The minimum atomic E-state index is -1.15. The topological polar surface area (TPSA) is 215 Å². The number of aromatic nitrogens is 1. The zero-order valence-corrected chi connectivity index (χ0v) is 47.8. The molecule has 3 saturated heterocycles. The number of hydrogen-bond donors (Lipinski definition) is 5. The first-order valence-corrected chi connectivity index (χ1v) is 29.5. The van der Waals surface area contributed by atoms with Crippen LogP contribution in [0.3, 0.4) is 0 Å². The third-order valence-corrected chi connectivity index (χ3v) is 17.4. The third kappa shape index (κ3) is 15.7. The smallest absolute Gasteiger partial charge is 0.257 e. The van der Waals surface area contributed by atoms with Gasteiger partial charge in [-0.1, -0.05) is 49.4 Å². The minimum Gasteiger partial charge on any atom is -0.482 e. The second kappa shape index (κ2) is 28.7. The number of likely N-dealkylation sites (tertiary alicyclic amines) is 2. The highest BCUT2D eigenvalue weighted by atomic mass is 35.5. The number of benzene rings is 3. The molecule has 0 radical (unpaired) electrons. The van der Waals surface area contributed by atoms with Crippen LogP contribution in [0.15, 0.2) is 77.9 Å². The number of hydrogen-bond acceptors (Lipinski definition) is 14. The number of piperidine rings is 1. The molecule has 436 valence electrons. The summed E-state index contributed by atoms with van der Waals surface area (Å²) in [6.45, 7) is 8.41. The number of carbonyl (C=O) groups is 5. The minimum absolute atomic E-state index is 0.0219. The Morgan fingerprint density at radius 1 is 0.852 bits per heavy atom. The van der Waals surface area contributed by atoms with E-state index < -0.39 is 53.8 Å². The summed E-state index contributed by atoms with van der Waals surface area (Å²) in [7, 11) is 1.72. The average molecular weight is 1160 g/mol. The fourth-order valence-electron chi connectivity index (χ4n) is 11.0. The summed E-state index contributed by atoms with van der Waals surface area (Å²) < 4.78 is 48.3. The summed E-state index contributed by atoms with van der Waals surface area (Å²) in [6.07, 6.45) is 8.85. The number of carbonyl (C=O) groups excluding carboxylic acids is 5. The van der Waals surface area contributed by atoms with E-state index in [4.69, 9.17) is 27.1 Å². The Morgan fingerprint density at radius 3 is 2.25 bits per heavy atom. The average Bonchev–Trinajstić information content (AvgIpc) is 4.25. The van der Waals surface area contributed by atoms with Gasteiger partial charge < -0.3 is 46.2 Å². The van der Waals surface area contributed by atoms with Crippen molar-refractivity contribution in [3.63, 3.8) is 0 Å². The number of amides is 4. The van der Waals surface area contributed by atoms with Crippen LogP contribution in [0.5, 0.6) is 5.75 Å². The third-order valence-electron chi connectivity index (χ3n) is 15.9. The van der Waals surface area contributed by atoms with Crippen molar-refractivity contribution in [2.24, 2.45) is 10.9 Å². The fourth-order valence-corrected chi connectivity index (χ4v) is 12.3. The molecule has 81 heavy (non-hydrogen) atoms. The van der Waals surface area contributed by atoms with Gasteiger partial charge in [-0.3, -0.25) is 33.9 Å². The SMILES string of the molecule is CN[C@H](C)C(=O)N[C@@H](C(=O)N1CCC[C@@H]1C1=NC(C(=O)c2ccc(F)cc2)CS1)C1CCN(CCCCCCCCC(=O)N2CCN(C(O)c3ccc(NC(=O)c4cnc(N)c(O[C@H](C)c5c(F)ccc(Cl)c5F)c4)cc3)CC2)CC1. The molecule has 2 unspecified atom stereocenters. The fraction of sp³-hybridized carbons (Fsp3) is 0.508. The number of thioether (sulfide) groups is 1. The van der Waals surface area contributed by atoms with Crippen molar-refractivity contribution in [2.75, 3.05) is 76.2 Å². The molecular weight excluding hydrogens is 1090 g/mol. The van der Waals surface area contributed by atoms with Gasteiger partial charge in [0.15, 0.2) is 23.2 Å². The molecule has 3 fully saturated rings. The Balaban J connectivity index is 0.702. The van der Waals surface area contributed by atoms with Crippen molar-refractivity contribution in [3.05, 3.63) is 118 Å². The number of nitrogen functional groups attached to an aromatic ring is 1. The molecule has 4 amide bonds. The summed E-state index contributed by atoms with van der Waals surface area (Å²) in [5.41, 5.74) is 7.14. The number of nitrogens with zero attached hydrogens (tertiary/aromatic N) is 6. The standard InChI is InChI=1S/C59H74ClF3N10O7S/c1-36(65-3)55(76)69-52(59(79)73-26-10-11-47(73)57-68-46(35-81-57)53(75)39-13-17-42(61)18-14-39)38-23-27-70(28-24-38)25-9-7-5-4-6-8-12-49(74)71-29-31-72(32-30-71)58(78)40-15-19-43(20-16-40)67-56(77)41-33-48(54(64)66-34-41)80-37(2)50-45(62)22-21-44(60)51(50)63/h13-22,33-34,36-38,46-47,52,58,65,78H,4-12,23-32,35H2,1-3H3,(H2,64,66)(H,67,77)(H,69,76)/t36-,37-,46?,47-,52-,58?/m1/s1. The number of anilines is 2. The maximum atomic E-state index is 14.6. The molecule has 3 aromatic carbocycles. The van der Waals surface area contributed by atoms with Crippen LogP contribution in [0.4, 0.5) is 24.7 Å². The quantitative estimate of drug-likeness (QED) is 0.0255. The largest absolute Gasteiger partial charge is 0.482 e. The number of aliphatic hydroxyl groups excluding tert-OH is 1. The van der Waals surface area contributed by atoms with E-state index in [1.165, 1.54) is 55.2 Å². The molecule has 5 heterocycles. The van der Waals surface area contributed by atoms with Gasteiger partial charge in [-0.15, -0.1) is 11.8 Å². The van der Waals surface area contributed by atoms with Crippen molar-refractivity contribution in [2.45, 2.75) is 121 Å². The van der Waals surface area contributed by atoms with Crippen LogP contribution in [0, 0.1) is 23.4 Å². The van der Waals surface area contributed by atoms with E-state index in [2.05, 4.69) is 25.8 Å². The highest BCUT2D eigenvalue weighted by molar-refractivity contribution is 8.14. The van der Waals surface area contributed by atoms with Gasteiger partial charge in [0, 0.05) is 62.3 Å². The molecule has 0 spiro atoms. The number of halogens is 4. The first kappa shape index (κ1) is 61.0. The second-order valence-corrected chi connectivity index (χ2v) is 22.8. The van der Waals surface area contributed by atoms with E-state index in [9.17, 15) is 42.3 Å². The number of aliphatic hydroxyl groups is 1. The van der Waals surface area contributed by atoms with Crippen LogP contribution in [-0.2, 0) is 14.4 Å². The predicted molar refractivity (Wildman–Crippen MR) is 308 cm³/mol. The summed E-state index contributed by atoms with van der Waals surface area (Å²) in [4.78, 5) is 84.3. The number of unbranched alkanes of at least 4 members (excludes halogenated alkanes) is 5. The van der Waals surface area contributed by atoms with E-state index >= 15 is 0 Å². The monoisotopic (exact) mass is 1160 g/mol. The Morgan fingerprint density at radius 2 is 1.54 bits per heavy atom. The Labute approximate surface area is 480 Å². The lowest BCUT2D eigenvalue weighted by Crippen LogP contribution is -2.58. The van der Waals surface area contributed by atoms with E-state index in [0.29, 0.717) is 61.7 Å². The van der Waals surface area contributed by atoms with Crippen molar-refractivity contribution >= 4 is 69.3 Å². The molecule has 4 aliphatic heterocycles. The molecule has 0 bridgehead atoms. The molecule has 1 aromatic heterocycles. The summed E-state index contributed by atoms with van der Waals surface area (Å²) in [5.74, 6) is -2.80. The lowest BCUT2D eigenvalue weighted by Gasteiger charge is -2.38. The molecule has 22 heteroatoms. The van der Waals surface area contributed by atoms with Crippen LogP contribution in [0.1, 0.15) is 129 Å². The highest BCUT2D eigenvalue weighted by Gasteiger charge is 2.43. The lowest BCUT2D eigenvalue weighted by atomic mass is 9.88. The second-order valence-electron chi connectivity index (χ2n) is 21.4. The number of Topliss-reactive ketones (excluding diaryl/α,β-unsaturated/α-hetero) is 1. The molecule has 4 aliphatic rings. The number of likely N-dealkylation sites (N-methyl/N-ethyl adjacent to an activating group) is 1. The Kier molecular flexibility index (Phi) is 21.6. The van der Waals surface area contributed by atoms with Gasteiger partial charge in [0.25, 0.3) is 5.91 Å². The van der Waals surface area contributed by atoms with Crippen molar-refractivity contribution in [1.82, 2.24) is 35.2 Å². The Hall–Kier alpha value is -6.10. The van der Waals surface area contributed by atoms with Gasteiger partial charge in [-0.05, 0) is 145 Å². The number of rotatable bonds is 24. The van der Waals surface area contributed by atoms with Crippen LogP contribution in [0.2, 0.25) is 5.02 Å². The van der Waals surface area contributed by atoms with Crippen LogP contribution in [0.25, 0.3) is 0 Å². The van der Waals surface area contributed by atoms with Crippen molar-refractivity contribution in [1.29, 1.82) is 0 Å². The molecule has 4 aromatic rings. The van der Waals surface area contributed by atoms with E-state index in [-0.39, 0.29) is 63.2 Å². The number of ketones is 1. The summed E-state index contributed by atoms with van der Waals surface area (Å²) in [5, 5.41) is 20.6. The number of piperazine rings is 1. The zero-order valence-electron chi connectivity index (χ0n) is 46.2. The van der Waals surface area contributed by atoms with Crippen LogP contribution < -0.4 is 26.4 Å². The molecule has 6 atom stereocenters. The maximum absolute atomic E-state index is 14.6. The van der Waals surface area contributed by atoms with Gasteiger partial charge in [-0.2, -0.15) is 0 Å². The summed E-state index contributed by atoms with van der Waals surface area (Å²) in [6, 6.07) is 13.7. The van der Waals surface area contributed by atoms with Gasteiger partial charge >= 0.3 is 0 Å². The number of pyridine rings is 1. The molecular formula is C59H74ClF3N10O7S. The van der Waals surface area contributed by atoms with E-state index in [1.807, 2.05) is 14.7 Å². The van der Waals surface area contributed by atoms with Gasteiger partial charge in [0.1, 0.15) is 36.0 Å². The number of aliphatic imine (C=N–C) groups is 1. The molecule has 8 rings (SSSR count). The van der Waals surface area contributed by atoms with E-state index in [1.54, 1.807) is 38.2 Å². The Bertz CT molecular complexity index is 2880. The lowest BCUT2D eigenvalue weighted by molar-refractivity contribution is -0.138. The van der Waals surface area contributed by atoms with Crippen LogP contribution in [-0.4, -0.2) is 153 Å².